The van der Waals surface area contributed by atoms with Crippen LogP contribution < -0.4 is 0 Å². The van der Waals surface area contributed by atoms with Crippen LogP contribution in [0, 0.1) is 20.8 Å². The summed E-state index contributed by atoms with van der Waals surface area (Å²) in [6, 6.07) is 25.4. The molecule has 0 heterocycles. The third-order valence-electron chi connectivity index (χ3n) is 5.12. The molecule has 0 bridgehead atoms. The molecule has 1 heteroatoms. The molecule has 3 aromatic rings. The maximum Gasteiger partial charge on any atom is 0.0931 e. The predicted molar refractivity (Wildman–Crippen MR) is 131 cm³/mol. The van der Waals surface area contributed by atoms with Gasteiger partial charge in [-0.15, -0.1) is 0 Å². The van der Waals surface area contributed by atoms with Gasteiger partial charge >= 0.3 is 0 Å². The van der Waals surface area contributed by atoms with Crippen molar-refractivity contribution in [2.75, 3.05) is 0 Å². The van der Waals surface area contributed by atoms with Gasteiger partial charge in [-0.05, 0) is 54.7 Å². The second-order valence-corrected chi connectivity index (χ2v) is 7.40. The summed E-state index contributed by atoms with van der Waals surface area (Å²) >= 11 is 0. The smallest absolute Gasteiger partial charge is 0.0931 e. The number of hydrogen-bond donors (Lipinski definition) is 1. The van der Waals surface area contributed by atoms with Crippen molar-refractivity contribution in [3.63, 3.8) is 0 Å². The number of aryl methyl sites for hydroxylation is 3. The molecule has 1 unspecified atom stereocenters. The largest absolute Gasteiger partial charge is 0.512 e. The zero-order chi connectivity index (χ0) is 21.9. The van der Waals surface area contributed by atoms with Crippen molar-refractivity contribution < 1.29 is 5.11 Å². The SMILES string of the molecule is CC.Cc1ccccc1.Cc1ccccc1-c1ccc(C2C=CC=C(O)C2)cc1C. The standard InChI is InChI=1S/C20H20O.C7H8.C2H6/c1-14-6-3-4-9-19(14)20-11-10-17(12-15(20)2)16-7-5-8-18(21)13-16;1-7-5-3-2-4-6-7;1-2/h3-12,16,21H,13H2,1-2H3;2-6H,1H3;1-2H3. The van der Waals surface area contributed by atoms with Crippen LogP contribution in [0.1, 0.15) is 48.4 Å². The van der Waals surface area contributed by atoms with Crippen LogP contribution in [0.3, 0.4) is 0 Å². The molecule has 1 atom stereocenters. The van der Waals surface area contributed by atoms with E-state index in [1.807, 2.05) is 38.1 Å². The summed E-state index contributed by atoms with van der Waals surface area (Å²) < 4.78 is 0. The quantitative estimate of drug-likeness (QED) is 0.459. The minimum absolute atomic E-state index is 0.277. The number of allylic oxidation sites excluding steroid dienone is 4. The van der Waals surface area contributed by atoms with Crippen LogP contribution in [0.2, 0.25) is 0 Å². The fourth-order valence-electron chi connectivity index (χ4n) is 3.52. The van der Waals surface area contributed by atoms with E-state index in [2.05, 4.69) is 81.4 Å². The fourth-order valence-corrected chi connectivity index (χ4v) is 3.52. The van der Waals surface area contributed by atoms with Crippen molar-refractivity contribution >= 4 is 0 Å². The molecule has 0 fully saturated rings. The van der Waals surface area contributed by atoms with Gasteiger partial charge in [0.25, 0.3) is 0 Å². The highest BCUT2D eigenvalue weighted by Gasteiger charge is 2.14. The molecule has 30 heavy (non-hydrogen) atoms. The molecule has 0 aliphatic heterocycles. The molecule has 0 saturated heterocycles. The Morgan fingerprint density at radius 1 is 0.733 bits per heavy atom. The molecular formula is C29H34O. The van der Waals surface area contributed by atoms with Crippen molar-refractivity contribution in [2.45, 2.75) is 47.0 Å². The summed E-state index contributed by atoms with van der Waals surface area (Å²) in [5.74, 6) is 0.739. The number of benzene rings is 3. The highest BCUT2D eigenvalue weighted by atomic mass is 16.3. The summed E-state index contributed by atoms with van der Waals surface area (Å²) in [6.07, 6.45) is 6.56. The number of aliphatic hydroxyl groups excluding tert-OH is 1. The predicted octanol–water partition coefficient (Wildman–Crippen LogP) is 8.48. The van der Waals surface area contributed by atoms with Crippen molar-refractivity contribution in [1.29, 1.82) is 0 Å². The van der Waals surface area contributed by atoms with Gasteiger partial charge in [0.15, 0.2) is 0 Å². The summed E-state index contributed by atoms with van der Waals surface area (Å²) in [5, 5.41) is 9.69. The first-order valence-corrected chi connectivity index (χ1v) is 10.8. The minimum atomic E-state index is 0.277. The molecule has 1 aliphatic rings. The van der Waals surface area contributed by atoms with Crippen molar-refractivity contribution in [3.05, 3.63) is 119 Å². The van der Waals surface area contributed by atoms with Gasteiger partial charge in [0, 0.05) is 12.3 Å². The van der Waals surface area contributed by atoms with Gasteiger partial charge in [0.05, 0.1) is 5.76 Å². The Balaban J connectivity index is 0.000000299. The Morgan fingerprint density at radius 3 is 1.93 bits per heavy atom. The highest BCUT2D eigenvalue weighted by Crippen LogP contribution is 2.32. The zero-order valence-electron chi connectivity index (χ0n) is 18.9. The topological polar surface area (TPSA) is 20.2 Å². The molecule has 156 valence electrons. The van der Waals surface area contributed by atoms with Crippen molar-refractivity contribution in [3.8, 4) is 11.1 Å². The summed E-state index contributed by atoms with van der Waals surface area (Å²) in [5.41, 5.74) is 7.75. The van der Waals surface area contributed by atoms with E-state index in [0.717, 1.165) is 0 Å². The third-order valence-corrected chi connectivity index (χ3v) is 5.12. The van der Waals surface area contributed by atoms with Crippen LogP contribution in [-0.4, -0.2) is 5.11 Å². The van der Waals surface area contributed by atoms with Crippen LogP contribution in [0.4, 0.5) is 0 Å². The van der Waals surface area contributed by atoms with Crippen LogP contribution in [-0.2, 0) is 0 Å². The molecule has 4 rings (SSSR count). The van der Waals surface area contributed by atoms with Gasteiger partial charge in [0.1, 0.15) is 0 Å². The van der Waals surface area contributed by atoms with E-state index in [-0.39, 0.29) is 5.92 Å². The van der Waals surface area contributed by atoms with E-state index in [4.69, 9.17) is 0 Å². The van der Waals surface area contributed by atoms with E-state index in [9.17, 15) is 5.11 Å². The average molecular weight is 399 g/mol. The van der Waals surface area contributed by atoms with Crippen LogP contribution in [0.15, 0.2) is 96.8 Å². The average Bonchev–Trinajstić information content (AvgIpc) is 2.77. The van der Waals surface area contributed by atoms with Gasteiger partial charge < -0.3 is 5.11 Å². The van der Waals surface area contributed by atoms with E-state index >= 15 is 0 Å². The summed E-state index contributed by atoms with van der Waals surface area (Å²) in [6.45, 7) is 10.4. The molecule has 0 saturated carbocycles. The van der Waals surface area contributed by atoms with Crippen molar-refractivity contribution in [2.24, 2.45) is 0 Å². The lowest BCUT2D eigenvalue weighted by atomic mass is 9.88. The lowest BCUT2D eigenvalue weighted by Crippen LogP contribution is -2.01. The lowest BCUT2D eigenvalue weighted by molar-refractivity contribution is 0.380. The van der Waals surface area contributed by atoms with Crippen LogP contribution in [0.25, 0.3) is 11.1 Å². The number of rotatable bonds is 2. The van der Waals surface area contributed by atoms with Crippen molar-refractivity contribution in [1.82, 2.24) is 0 Å². The molecule has 1 nitrogen and oxygen atoms in total. The first kappa shape index (κ1) is 23.2. The van der Waals surface area contributed by atoms with E-state index < -0.39 is 0 Å². The Labute approximate surface area is 182 Å². The molecule has 3 aromatic carbocycles. The Kier molecular flexibility index (Phi) is 9.15. The third kappa shape index (κ3) is 6.49. The van der Waals surface area contributed by atoms with Crippen LogP contribution >= 0.6 is 0 Å². The van der Waals surface area contributed by atoms with Gasteiger partial charge in [-0.3, -0.25) is 0 Å². The van der Waals surface area contributed by atoms with Gasteiger partial charge in [-0.25, -0.2) is 0 Å². The first-order valence-electron chi connectivity index (χ1n) is 10.8. The molecule has 0 spiro atoms. The summed E-state index contributed by atoms with van der Waals surface area (Å²) in [7, 11) is 0. The monoisotopic (exact) mass is 398 g/mol. The fraction of sp³-hybridized carbons (Fsp3) is 0.241. The molecular weight excluding hydrogens is 364 g/mol. The van der Waals surface area contributed by atoms with Gasteiger partial charge in [0.2, 0.25) is 0 Å². The second kappa shape index (κ2) is 11.8. The summed E-state index contributed by atoms with van der Waals surface area (Å²) in [4.78, 5) is 0. The lowest BCUT2D eigenvalue weighted by Gasteiger charge is -2.18. The Bertz CT molecular complexity index is 980. The molecule has 0 radical (unpaired) electrons. The Hall–Kier alpha value is -3.06. The Morgan fingerprint density at radius 2 is 1.37 bits per heavy atom. The van der Waals surface area contributed by atoms with Crippen LogP contribution in [0.5, 0.6) is 0 Å². The van der Waals surface area contributed by atoms with Gasteiger partial charge in [-0.2, -0.15) is 0 Å². The minimum Gasteiger partial charge on any atom is -0.512 e. The molecule has 1 aliphatic carbocycles. The number of aliphatic hydroxyl groups is 1. The first-order chi connectivity index (χ1) is 14.5. The van der Waals surface area contributed by atoms with E-state index in [1.54, 1.807) is 6.08 Å². The molecule has 0 amide bonds. The highest BCUT2D eigenvalue weighted by molar-refractivity contribution is 5.70. The molecule has 1 N–H and O–H groups in total. The maximum absolute atomic E-state index is 9.69. The van der Waals surface area contributed by atoms with E-state index in [0.29, 0.717) is 12.2 Å². The van der Waals surface area contributed by atoms with E-state index in [1.165, 1.54) is 33.4 Å². The zero-order valence-corrected chi connectivity index (χ0v) is 18.9. The second-order valence-electron chi connectivity index (χ2n) is 7.40. The van der Waals surface area contributed by atoms with Gasteiger partial charge in [-0.1, -0.05) is 104 Å². The normalized spacial score (nSPS) is 14.6. The maximum atomic E-state index is 9.69. The number of hydrogen-bond acceptors (Lipinski definition) is 1. The molecule has 0 aromatic heterocycles.